The molecule has 0 heterocycles. The normalized spacial score (nSPS) is 10.4. The van der Waals surface area contributed by atoms with Crippen LogP contribution in [0.5, 0.6) is 0 Å². The molecule has 1 N–H and O–H groups in total. The van der Waals surface area contributed by atoms with Gasteiger partial charge < -0.3 is 10.1 Å². The summed E-state index contributed by atoms with van der Waals surface area (Å²) >= 11 is 7.08. The van der Waals surface area contributed by atoms with Gasteiger partial charge in [0.15, 0.2) is 24.0 Å². The Bertz CT molecular complexity index is 920. The van der Waals surface area contributed by atoms with Crippen LogP contribution in [0.3, 0.4) is 0 Å². The standard InChI is InChI=1S/C18H14ClF2NO4S/c1-9(23)22-15-5-10(3-4-17(15)27-2)16(24)8-26-18(25)11-6-13(20)14(21)7-12(11)19/h3-7H,8H2,1-2H3,(H,22,23). The van der Waals surface area contributed by atoms with Gasteiger partial charge in [0.2, 0.25) is 5.91 Å². The highest BCUT2D eigenvalue weighted by Gasteiger charge is 2.18. The molecule has 9 heteroatoms. The molecule has 0 bridgehead atoms. The Labute approximate surface area is 163 Å². The van der Waals surface area contributed by atoms with Gasteiger partial charge in [-0.25, -0.2) is 13.6 Å². The van der Waals surface area contributed by atoms with Gasteiger partial charge in [0.25, 0.3) is 0 Å². The van der Waals surface area contributed by atoms with Crippen LogP contribution < -0.4 is 5.32 Å². The topological polar surface area (TPSA) is 72.5 Å². The van der Waals surface area contributed by atoms with E-state index in [1.165, 1.54) is 30.8 Å². The number of carbonyl (C=O) groups is 3. The number of thioether (sulfide) groups is 1. The molecule has 27 heavy (non-hydrogen) atoms. The fourth-order valence-corrected chi connectivity index (χ4v) is 2.90. The van der Waals surface area contributed by atoms with E-state index in [-0.39, 0.29) is 22.1 Å². The Morgan fingerprint density at radius 3 is 2.44 bits per heavy atom. The number of hydrogen-bond donors (Lipinski definition) is 1. The maximum atomic E-state index is 13.3. The number of esters is 1. The zero-order valence-electron chi connectivity index (χ0n) is 14.3. The van der Waals surface area contributed by atoms with Crippen LogP contribution in [-0.4, -0.2) is 30.5 Å². The molecule has 2 aromatic carbocycles. The molecule has 0 spiro atoms. The minimum atomic E-state index is -1.26. The van der Waals surface area contributed by atoms with Gasteiger partial charge in [0, 0.05) is 17.4 Å². The zero-order chi connectivity index (χ0) is 20.1. The van der Waals surface area contributed by atoms with Gasteiger partial charge in [-0.3, -0.25) is 9.59 Å². The van der Waals surface area contributed by atoms with Gasteiger partial charge in [-0.05, 0) is 30.5 Å². The lowest BCUT2D eigenvalue weighted by atomic mass is 10.1. The van der Waals surface area contributed by atoms with Crippen molar-refractivity contribution >= 4 is 46.7 Å². The Morgan fingerprint density at radius 2 is 1.81 bits per heavy atom. The van der Waals surface area contributed by atoms with Gasteiger partial charge in [0.1, 0.15) is 0 Å². The summed E-state index contributed by atoms with van der Waals surface area (Å²) in [7, 11) is 0. The van der Waals surface area contributed by atoms with Gasteiger partial charge in [-0.1, -0.05) is 17.7 Å². The number of rotatable bonds is 6. The molecule has 0 radical (unpaired) electrons. The van der Waals surface area contributed by atoms with E-state index in [9.17, 15) is 23.2 Å². The Kier molecular flexibility index (Phi) is 6.92. The molecule has 0 saturated heterocycles. The summed E-state index contributed by atoms with van der Waals surface area (Å²) in [5.41, 5.74) is 0.275. The fourth-order valence-electron chi connectivity index (χ4n) is 2.14. The fraction of sp³-hybridized carbons (Fsp3) is 0.167. The van der Waals surface area contributed by atoms with Crippen LogP contribution in [-0.2, 0) is 9.53 Å². The summed E-state index contributed by atoms with van der Waals surface area (Å²) in [6.45, 7) is 0.707. The summed E-state index contributed by atoms with van der Waals surface area (Å²) in [5.74, 6) is -4.36. The van der Waals surface area contributed by atoms with Crippen molar-refractivity contribution in [3.63, 3.8) is 0 Å². The third kappa shape index (κ3) is 5.27. The summed E-state index contributed by atoms with van der Waals surface area (Å²) in [4.78, 5) is 36.3. The number of benzene rings is 2. The second-order valence-electron chi connectivity index (χ2n) is 5.34. The Hall–Kier alpha value is -2.45. The van der Waals surface area contributed by atoms with E-state index >= 15 is 0 Å². The lowest BCUT2D eigenvalue weighted by Crippen LogP contribution is -2.15. The summed E-state index contributed by atoms with van der Waals surface area (Å²) in [6, 6.07) is 5.89. The van der Waals surface area contributed by atoms with Gasteiger partial charge >= 0.3 is 5.97 Å². The summed E-state index contributed by atoms with van der Waals surface area (Å²) in [6.07, 6.45) is 1.81. The first kappa shape index (κ1) is 20.9. The maximum Gasteiger partial charge on any atom is 0.340 e. The number of ketones is 1. The number of anilines is 1. The Balaban J connectivity index is 2.12. The largest absolute Gasteiger partial charge is 0.454 e. The number of Topliss-reactive ketones (excluding diaryl/α,β-unsaturated/α-hetero) is 1. The van der Waals surface area contributed by atoms with Crippen molar-refractivity contribution in [3.8, 4) is 0 Å². The number of amides is 1. The first-order valence-corrected chi connectivity index (χ1v) is 9.13. The maximum absolute atomic E-state index is 13.3. The van der Waals surface area contributed by atoms with Crippen LogP contribution >= 0.6 is 23.4 Å². The summed E-state index contributed by atoms with van der Waals surface area (Å²) in [5, 5.41) is 2.28. The number of carbonyl (C=O) groups excluding carboxylic acids is 3. The number of hydrogen-bond acceptors (Lipinski definition) is 5. The van der Waals surface area contributed by atoms with Crippen LogP contribution in [0.15, 0.2) is 35.2 Å². The predicted octanol–water partition coefficient (Wildman–Crippen LogP) is 4.34. The van der Waals surface area contributed by atoms with E-state index in [0.717, 1.165) is 4.90 Å². The molecule has 142 valence electrons. The van der Waals surface area contributed by atoms with Crippen LogP contribution in [0.2, 0.25) is 5.02 Å². The van der Waals surface area contributed by atoms with Crippen molar-refractivity contribution in [3.05, 3.63) is 58.1 Å². The molecule has 5 nitrogen and oxygen atoms in total. The Morgan fingerprint density at radius 1 is 1.15 bits per heavy atom. The molecular weight excluding hydrogens is 400 g/mol. The van der Waals surface area contributed by atoms with Crippen LogP contribution in [0.1, 0.15) is 27.6 Å². The molecule has 0 aliphatic heterocycles. The number of nitrogens with one attached hydrogen (secondary N) is 1. The van der Waals surface area contributed by atoms with Crippen molar-refractivity contribution in [1.82, 2.24) is 0 Å². The number of ether oxygens (including phenoxy) is 1. The number of halogens is 3. The molecule has 0 aliphatic carbocycles. The predicted molar refractivity (Wildman–Crippen MR) is 98.5 cm³/mol. The molecule has 0 atom stereocenters. The third-order valence-electron chi connectivity index (χ3n) is 3.40. The van der Waals surface area contributed by atoms with E-state index in [4.69, 9.17) is 16.3 Å². The van der Waals surface area contributed by atoms with Gasteiger partial charge in [-0.2, -0.15) is 0 Å². The zero-order valence-corrected chi connectivity index (χ0v) is 15.8. The second kappa shape index (κ2) is 8.96. The van der Waals surface area contributed by atoms with E-state index in [2.05, 4.69) is 5.32 Å². The minimum absolute atomic E-state index is 0.209. The van der Waals surface area contributed by atoms with Crippen molar-refractivity contribution in [2.24, 2.45) is 0 Å². The van der Waals surface area contributed by atoms with E-state index in [1.807, 2.05) is 6.26 Å². The van der Waals surface area contributed by atoms with Crippen molar-refractivity contribution in [1.29, 1.82) is 0 Å². The molecule has 0 aromatic heterocycles. The van der Waals surface area contributed by atoms with E-state index < -0.39 is 30.0 Å². The molecule has 2 rings (SSSR count). The van der Waals surface area contributed by atoms with Crippen LogP contribution in [0.4, 0.5) is 14.5 Å². The first-order valence-electron chi connectivity index (χ1n) is 7.53. The molecule has 0 aliphatic rings. The van der Waals surface area contributed by atoms with Crippen LogP contribution in [0.25, 0.3) is 0 Å². The quantitative estimate of drug-likeness (QED) is 0.330. The highest BCUT2D eigenvalue weighted by molar-refractivity contribution is 7.98. The average molecular weight is 414 g/mol. The van der Waals surface area contributed by atoms with E-state index in [0.29, 0.717) is 17.8 Å². The average Bonchev–Trinajstić information content (AvgIpc) is 2.61. The summed E-state index contributed by atoms with van der Waals surface area (Å²) < 4.78 is 31.2. The molecule has 0 saturated carbocycles. The second-order valence-corrected chi connectivity index (χ2v) is 6.60. The van der Waals surface area contributed by atoms with Crippen molar-refractivity contribution < 1.29 is 27.9 Å². The molecule has 1 amide bonds. The smallest absolute Gasteiger partial charge is 0.340 e. The van der Waals surface area contributed by atoms with Crippen molar-refractivity contribution in [2.45, 2.75) is 11.8 Å². The lowest BCUT2D eigenvalue weighted by Gasteiger charge is -2.10. The molecule has 0 fully saturated rings. The monoisotopic (exact) mass is 413 g/mol. The van der Waals surface area contributed by atoms with Crippen molar-refractivity contribution in [2.75, 3.05) is 18.2 Å². The lowest BCUT2D eigenvalue weighted by molar-refractivity contribution is -0.114. The molecular formula is C18H14ClF2NO4S. The van der Waals surface area contributed by atoms with Gasteiger partial charge in [0.05, 0.1) is 16.3 Å². The van der Waals surface area contributed by atoms with Crippen LogP contribution in [0, 0.1) is 11.6 Å². The van der Waals surface area contributed by atoms with Gasteiger partial charge in [-0.15, -0.1) is 11.8 Å². The highest BCUT2D eigenvalue weighted by atomic mass is 35.5. The molecule has 2 aromatic rings. The highest BCUT2D eigenvalue weighted by Crippen LogP contribution is 2.27. The third-order valence-corrected chi connectivity index (χ3v) is 4.50. The minimum Gasteiger partial charge on any atom is -0.454 e. The molecule has 0 unspecified atom stereocenters. The van der Waals surface area contributed by atoms with E-state index in [1.54, 1.807) is 6.07 Å². The SMILES string of the molecule is CSc1ccc(C(=O)COC(=O)c2cc(F)c(F)cc2Cl)cc1NC(C)=O. The first-order chi connectivity index (χ1) is 12.7.